The molecule has 0 heterocycles. The van der Waals surface area contributed by atoms with Crippen LogP contribution >= 0.6 is 0 Å². The summed E-state index contributed by atoms with van der Waals surface area (Å²) in [5.74, 6) is 13.6. The lowest BCUT2D eigenvalue weighted by atomic mass is 9.83. The van der Waals surface area contributed by atoms with E-state index in [0.717, 1.165) is 35.4 Å². The fourth-order valence-electron chi connectivity index (χ4n) is 3.79. The summed E-state index contributed by atoms with van der Waals surface area (Å²) >= 11 is 0. The number of hydrogen-bond acceptors (Lipinski definition) is 0. The van der Waals surface area contributed by atoms with Crippen molar-refractivity contribution in [1.82, 2.24) is 0 Å². The van der Waals surface area contributed by atoms with E-state index < -0.39 is 0 Å². The van der Waals surface area contributed by atoms with Crippen LogP contribution in [0.2, 0.25) is 0 Å². The molecule has 1 saturated carbocycles. The van der Waals surface area contributed by atoms with Crippen LogP contribution in [0.3, 0.4) is 0 Å². The van der Waals surface area contributed by atoms with Gasteiger partial charge in [0.25, 0.3) is 0 Å². The van der Waals surface area contributed by atoms with Crippen LogP contribution in [0.5, 0.6) is 0 Å². The van der Waals surface area contributed by atoms with Crippen molar-refractivity contribution < 1.29 is 4.39 Å². The topological polar surface area (TPSA) is 0 Å². The van der Waals surface area contributed by atoms with Crippen molar-refractivity contribution in [3.8, 4) is 23.7 Å². The first-order valence-corrected chi connectivity index (χ1v) is 9.83. The van der Waals surface area contributed by atoms with Gasteiger partial charge in [-0.3, -0.25) is 0 Å². The van der Waals surface area contributed by atoms with Crippen LogP contribution in [0.15, 0.2) is 30.3 Å². The summed E-state index contributed by atoms with van der Waals surface area (Å²) in [6.07, 6.45) is 4.73. The van der Waals surface area contributed by atoms with Gasteiger partial charge in [0.2, 0.25) is 0 Å². The van der Waals surface area contributed by atoms with Crippen LogP contribution in [0.4, 0.5) is 4.39 Å². The molecule has 1 heteroatoms. The van der Waals surface area contributed by atoms with Gasteiger partial charge in [0, 0.05) is 17.0 Å². The zero-order chi connectivity index (χ0) is 19.4. The fourth-order valence-corrected chi connectivity index (χ4v) is 3.79. The molecule has 0 saturated heterocycles. The molecule has 0 nitrogen and oxygen atoms in total. The smallest absolute Gasteiger partial charge is 0.140 e. The highest BCUT2D eigenvalue weighted by Gasteiger charge is 2.16. The molecule has 0 aliphatic heterocycles. The number of hydrogen-bond donors (Lipinski definition) is 0. The Hall–Kier alpha value is -2.51. The van der Waals surface area contributed by atoms with Crippen molar-refractivity contribution in [3.05, 3.63) is 69.5 Å². The van der Waals surface area contributed by atoms with Crippen LogP contribution in [-0.4, -0.2) is 0 Å². The third kappa shape index (κ3) is 5.02. The van der Waals surface area contributed by atoms with Gasteiger partial charge < -0.3 is 0 Å². The molecule has 0 bridgehead atoms. The minimum atomic E-state index is -0.282. The molecule has 0 N–H and O–H groups in total. The Morgan fingerprint density at radius 3 is 2.15 bits per heavy atom. The lowest BCUT2D eigenvalue weighted by Gasteiger charge is -2.21. The van der Waals surface area contributed by atoms with Gasteiger partial charge in [-0.25, -0.2) is 4.39 Å². The first-order chi connectivity index (χ1) is 12.9. The van der Waals surface area contributed by atoms with Crippen molar-refractivity contribution in [2.45, 2.75) is 53.4 Å². The normalized spacial score (nSPS) is 18.9. The maximum atomic E-state index is 14.4. The molecular formula is C26H27F. The zero-order valence-electron chi connectivity index (χ0n) is 16.7. The van der Waals surface area contributed by atoms with E-state index in [1.807, 2.05) is 6.07 Å². The van der Waals surface area contributed by atoms with Crippen molar-refractivity contribution in [2.24, 2.45) is 11.8 Å². The molecule has 27 heavy (non-hydrogen) atoms. The summed E-state index contributed by atoms with van der Waals surface area (Å²) in [4.78, 5) is 0. The highest BCUT2D eigenvalue weighted by Crippen LogP contribution is 2.27. The molecule has 138 valence electrons. The van der Waals surface area contributed by atoms with Crippen molar-refractivity contribution >= 4 is 0 Å². The molecule has 0 radical (unpaired) electrons. The van der Waals surface area contributed by atoms with Gasteiger partial charge in [0.15, 0.2) is 0 Å². The SMILES string of the molecule is Cc1cc(C)c(C#Cc2ccc(C#CC3CCC(C)CC3)c(F)c2)c(C)c1. The standard InChI is InChI=1S/C26H27F/c1-18-5-7-22(8-6-18)9-12-24-13-10-23(17-26(24)27)11-14-25-20(3)15-19(2)16-21(25)4/h10,13,15-18,22H,5-8H2,1-4H3. The Morgan fingerprint density at radius 2 is 1.52 bits per heavy atom. The van der Waals surface area contributed by atoms with Crippen molar-refractivity contribution in [1.29, 1.82) is 0 Å². The molecule has 0 unspecified atom stereocenters. The average molecular weight is 359 g/mol. The molecule has 2 aromatic carbocycles. The number of benzene rings is 2. The fraction of sp³-hybridized carbons (Fsp3) is 0.385. The lowest BCUT2D eigenvalue weighted by Crippen LogP contribution is -2.10. The van der Waals surface area contributed by atoms with Gasteiger partial charge >= 0.3 is 0 Å². The van der Waals surface area contributed by atoms with Gasteiger partial charge in [0.05, 0.1) is 5.56 Å². The number of aryl methyl sites for hydroxylation is 3. The molecule has 0 aromatic heterocycles. The lowest BCUT2D eigenvalue weighted by molar-refractivity contribution is 0.337. The minimum Gasteiger partial charge on any atom is -0.206 e. The van der Waals surface area contributed by atoms with Crippen LogP contribution in [-0.2, 0) is 0 Å². The summed E-state index contributed by atoms with van der Waals surface area (Å²) in [6, 6.07) is 9.37. The van der Waals surface area contributed by atoms with E-state index in [-0.39, 0.29) is 5.82 Å². The Bertz CT molecular complexity index is 928. The van der Waals surface area contributed by atoms with Gasteiger partial charge in [-0.1, -0.05) is 48.3 Å². The third-order valence-corrected chi connectivity index (χ3v) is 5.40. The first kappa shape index (κ1) is 19.3. The molecule has 2 aromatic rings. The van der Waals surface area contributed by atoms with Gasteiger partial charge in [-0.2, -0.15) is 0 Å². The highest BCUT2D eigenvalue weighted by molar-refractivity contribution is 5.52. The molecule has 1 fully saturated rings. The summed E-state index contributed by atoms with van der Waals surface area (Å²) in [5.41, 5.74) is 5.73. The van der Waals surface area contributed by atoms with Crippen molar-refractivity contribution in [2.75, 3.05) is 0 Å². The van der Waals surface area contributed by atoms with Gasteiger partial charge in [0.1, 0.15) is 5.82 Å². The molecule has 1 aliphatic carbocycles. The third-order valence-electron chi connectivity index (χ3n) is 5.40. The monoisotopic (exact) mass is 358 g/mol. The maximum absolute atomic E-state index is 14.4. The summed E-state index contributed by atoms with van der Waals surface area (Å²) < 4.78 is 14.4. The molecule has 0 atom stereocenters. The average Bonchev–Trinajstić information content (AvgIpc) is 2.61. The molecule has 3 rings (SSSR count). The summed E-state index contributed by atoms with van der Waals surface area (Å²) in [7, 11) is 0. The second kappa shape index (κ2) is 8.45. The van der Waals surface area contributed by atoms with E-state index in [4.69, 9.17) is 0 Å². The van der Waals surface area contributed by atoms with Crippen LogP contribution in [0.1, 0.15) is 66.0 Å². The molecular weight excluding hydrogens is 331 g/mol. The van der Waals surface area contributed by atoms with E-state index in [1.165, 1.54) is 24.5 Å². The highest BCUT2D eigenvalue weighted by atomic mass is 19.1. The van der Waals surface area contributed by atoms with Crippen molar-refractivity contribution in [3.63, 3.8) is 0 Å². The van der Waals surface area contributed by atoms with E-state index in [0.29, 0.717) is 17.0 Å². The predicted octanol–water partition coefficient (Wildman–Crippen LogP) is 6.33. The van der Waals surface area contributed by atoms with Crippen LogP contribution < -0.4 is 0 Å². The van der Waals surface area contributed by atoms with E-state index in [9.17, 15) is 4.39 Å². The zero-order valence-corrected chi connectivity index (χ0v) is 16.7. The Morgan fingerprint density at radius 1 is 0.852 bits per heavy atom. The van der Waals surface area contributed by atoms with Gasteiger partial charge in [-0.05, 0) is 81.7 Å². The summed E-state index contributed by atoms with van der Waals surface area (Å²) in [6.45, 7) is 8.51. The Balaban J connectivity index is 1.77. The van der Waals surface area contributed by atoms with Crippen LogP contribution in [0, 0.1) is 62.1 Å². The second-order valence-corrected chi connectivity index (χ2v) is 7.94. The first-order valence-electron chi connectivity index (χ1n) is 9.83. The number of halogens is 1. The quantitative estimate of drug-likeness (QED) is 0.483. The minimum absolute atomic E-state index is 0.282. The largest absolute Gasteiger partial charge is 0.206 e. The van der Waals surface area contributed by atoms with E-state index in [2.05, 4.69) is 63.5 Å². The Kier molecular flexibility index (Phi) is 6.03. The summed E-state index contributed by atoms with van der Waals surface area (Å²) in [5, 5.41) is 0. The molecule has 0 spiro atoms. The number of rotatable bonds is 0. The predicted molar refractivity (Wildman–Crippen MR) is 111 cm³/mol. The molecule has 1 aliphatic rings. The Labute approximate surface area is 163 Å². The van der Waals surface area contributed by atoms with Gasteiger partial charge in [-0.15, -0.1) is 0 Å². The maximum Gasteiger partial charge on any atom is 0.140 e. The van der Waals surface area contributed by atoms with Crippen LogP contribution in [0.25, 0.3) is 0 Å². The van der Waals surface area contributed by atoms with E-state index in [1.54, 1.807) is 6.07 Å². The molecule has 0 amide bonds. The van der Waals surface area contributed by atoms with E-state index >= 15 is 0 Å². The second-order valence-electron chi connectivity index (χ2n) is 7.94.